The number of aryl methyl sites for hydroxylation is 3. The number of carboxylic acids is 1. The van der Waals surface area contributed by atoms with E-state index in [0.717, 1.165) is 43.3 Å². The molecule has 0 aliphatic rings. The fourth-order valence-electron chi connectivity index (χ4n) is 1.46. The van der Waals surface area contributed by atoms with E-state index < -0.39 is 5.97 Å². The molecule has 0 saturated carbocycles. The molecule has 0 amide bonds. The molecule has 3 aromatic heterocycles. The van der Waals surface area contributed by atoms with Crippen LogP contribution < -0.4 is 17.2 Å². The number of rotatable bonds is 3. The van der Waals surface area contributed by atoms with Crippen molar-refractivity contribution < 1.29 is 9.90 Å². The van der Waals surface area contributed by atoms with Crippen LogP contribution in [-0.2, 0) is 24.1 Å². The first kappa shape index (κ1) is 25.8. The molecule has 0 aliphatic carbocycles. The minimum atomic E-state index is -0.833. The first-order valence-corrected chi connectivity index (χ1v) is 11.1. The number of hydrogen-bond acceptors (Lipinski definition) is 10. The Labute approximate surface area is 177 Å². The largest absolute Gasteiger partial charge is 0.481 e. The van der Waals surface area contributed by atoms with Gasteiger partial charge in [-0.1, -0.05) is 20.8 Å². The fraction of sp³-hybridized carbons (Fsp3) is 0.412. The lowest BCUT2D eigenvalue weighted by Gasteiger charge is -1.79. The molecule has 0 aromatic carbocycles. The summed E-state index contributed by atoms with van der Waals surface area (Å²) in [5.74, 6) is -0.833. The average molecular weight is 445 g/mol. The van der Waals surface area contributed by atoms with Crippen LogP contribution in [0.1, 0.15) is 44.8 Å². The van der Waals surface area contributed by atoms with E-state index in [1.807, 2.05) is 16.1 Å². The number of aromatic nitrogens is 3. The van der Waals surface area contributed by atoms with Crippen LogP contribution in [0.5, 0.6) is 0 Å². The molecule has 0 radical (unpaired) electrons. The van der Waals surface area contributed by atoms with Gasteiger partial charge >= 0.3 is 0 Å². The predicted molar refractivity (Wildman–Crippen MR) is 121 cm³/mol. The van der Waals surface area contributed by atoms with E-state index in [1.54, 1.807) is 0 Å². The van der Waals surface area contributed by atoms with Gasteiger partial charge in [-0.15, -0.1) is 34.0 Å². The Morgan fingerprint density at radius 1 is 0.786 bits per heavy atom. The molecule has 0 saturated heterocycles. The number of nitrogen functional groups attached to an aromatic ring is 3. The van der Waals surface area contributed by atoms with E-state index in [0.29, 0.717) is 15.4 Å². The lowest BCUT2D eigenvalue weighted by molar-refractivity contribution is -0.134. The molecule has 3 heterocycles. The number of nitrogens with zero attached hydrogens (tertiary/aromatic N) is 3. The van der Waals surface area contributed by atoms with Crippen molar-refractivity contribution in [3.8, 4) is 0 Å². The first-order chi connectivity index (χ1) is 13.2. The van der Waals surface area contributed by atoms with Crippen LogP contribution in [0.3, 0.4) is 0 Å². The van der Waals surface area contributed by atoms with Gasteiger partial charge in [-0.25, -0.2) is 15.0 Å². The molecule has 0 spiro atoms. The second-order valence-corrected chi connectivity index (χ2v) is 7.78. The van der Waals surface area contributed by atoms with E-state index in [9.17, 15) is 0 Å². The molecule has 11 heteroatoms. The van der Waals surface area contributed by atoms with Gasteiger partial charge in [-0.05, 0) is 19.3 Å². The monoisotopic (exact) mass is 444 g/mol. The number of nitrogens with two attached hydrogens (primary N) is 3. The summed E-state index contributed by atoms with van der Waals surface area (Å²) in [6.07, 6.45) is 2.94. The Morgan fingerprint density at radius 2 is 1.00 bits per heavy atom. The van der Waals surface area contributed by atoms with Gasteiger partial charge in [-0.2, -0.15) is 0 Å². The molecular formula is C17H28N6O2S3. The van der Waals surface area contributed by atoms with E-state index in [4.69, 9.17) is 27.1 Å². The van der Waals surface area contributed by atoms with Crippen molar-refractivity contribution >= 4 is 55.4 Å². The van der Waals surface area contributed by atoms with Crippen molar-refractivity contribution in [2.24, 2.45) is 0 Å². The van der Waals surface area contributed by atoms with Crippen LogP contribution in [0.2, 0.25) is 0 Å². The summed E-state index contributed by atoms with van der Waals surface area (Å²) in [6, 6.07) is 0. The quantitative estimate of drug-likeness (QED) is 0.473. The summed E-state index contributed by atoms with van der Waals surface area (Å²) in [5, 5.41) is 15.4. The first-order valence-electron chi connectivity index (χ1n) is 8.50. The Balaban J connectivity index is 0.000000358. The van der Waals surface area contributed by atoms with Crippen molar-refractivity contribution in [1.82, 2.24) is 15.0 Å². The van der Waals surface area contributed by atoms with Crippen LogP contribution in [0.25, 0.3) is 0 Å². The maximum atomic E-state index is 9.00. The topological polar surface area (TPSA) is 154 Å². The third-order valence-corrected chi connectivity index (χ3v) is 4.96. The highest BCUT2D eigenvalue weighted by molar-refractivity contribution is 7.14. The molecule has 0 atom stereocenters. The van der Waals surface area contributed by atoms with Gasteiger partial charge in [0.25, 0.3) is 5.97 Å². The van der Waals surface area contributed by atoms with Gasteiger partial charge in [0.05, 0.1) is 17.1 Å². The highest BCUT2D eigenvalue weighted by atomic mass is 32.1. The number of carbonyl (C=O) groups is 1. The molecule has 28 heavy (non-hydrogen) atoms. The van der Waals surface area contributed by atoms with Crippen LogP contribution >= 0.6 is 34.0 Å². The molecule has 0 unspecified atom stereocenters. The zero-order chi connectivity index (χ0) is 21.5. The zero-order valence-electron chi connectivity index (χ0n) is 16.5. The van der Waals surface area contributed by atoms with E-state index in [1.165, 1.54) is 34.0 Å². The van der Waals surface area contributed by atoms with Gasteiger partial charge in [0.2, 0.25) is 0 Å². The van der Waals surface area contributed by atoms with Crippen LogP contribution in [-0.4, -0.2) is 26.0 Å². The molecule has 3 aromatic rings. The summed E-state index contributed by atoms with van der Waals surface area (Å²) in [4.78, 5) is 21.1. The zero-order valence-corrected chi connectivity index (χ0v) is 19.0. The Morgan fingerprint density at radius 3 is 1.07 bits per heavy atom. The molecule has 0 aliphatic heterocycles. The van der Waals surface area contributed by atoms with Gasteiger partial charge in [-0.3, -0.25) is 4.79 Å². The van der Waals surface area contributed by atoms with Crippen molar-refractivity contribution in [2.45, 2.75) is 47.0 Å². The van der Waals surface area contributed by atoms with Crippen molar-refractivity contribution in [1.29, 1.82) is 0 Å². The standard InChI is InChI=1S/3C5H8N2S.C2H4O2/c3*1-2-4-3-8-5(6)7-4;1-2(3)4/h3*3H,2H2,1H3,(H2,6,7);1H3,(H,3,4). The van der Waals surface area contributed by atoms with Crippen molar-refractivity contribution in [2.75, 3.05) is 17.2 Å². The minimum Gasteiger partial charge on any atom is -0.481 e. The Hall–Kier alpha value is -2.24. The van der Waals surface area contributed by atoms with E-state index in [-0.39, 0.29) is 0 Å². The number of thiazole rings is 3. The fourth-order valence-corrected chi connectivity index (χ4v) is 3.39. The number of hydrogen-bond donors (Lipinski definition) is 4. The maximum Gasteiger partial charge on any atom is 0.300 e. The lowest BCUT2D eigenvalue weighted by Crippen LogP contribution is -1.83. The summed E-state index contributed by atoms with van der Waals surface area (Å²) in [5.41, 5.74) is 19.4. The highest BCUT2D eigenvalue weighted by Crippen LogP contribution is 2.11. The Kier molecular flexibility index (Phi) is 13.6. The molecule has 3 rings (SSSR count). The Bertz CT molecular complexity index is 701. The smallest absolute Gasteiger partial charge is 0.300 e. The molecule has 8 nitrogen and oxygen atoms in total. The van der Waals surface area contributed by atoms with E-state index >= 15 is 0 Å². The predicted octanol–water partition coefficient (Wildman–Crippen LogP) is 3.95. The number of carboxylic acid groups (broad SMARTS) is 1. The molecule has 0 fully saturated rings. The van der Waals surface area contributed by atoms with Gasteiger partial charge < -0.3 is 22.3 Å². The van der Waals surface area contributed by atoms with Crippen LogP contribution in [0.15, 0.2) is 16.1 Å². The van der Waals surface area contributed by atoms with Crippen LogP contribution in [0.4, 0.5) is 15.4 Å². The molecule has 0 bridgehead atoms. The minimum absolute atomic E-state index is 0.668. The second-order valence-electron chi connectivity index (χ2n) is 5.11. The summed E-state index contributed by atoms with van der Waals surface area (Å²) >= 11 is 4.49. The van der Waals surface area contributed by atoms with E-state index in [2.05, 4.69) is 35.7 Å². The van der Waals surface area contributed by atoms with Crippen LogP contribution in [0, 0.1) is 0 Å². The second kappa shape index (κ2) is 14.8. The third kappa shape index (κ3) is 13.0. The summed E-state index contributed by atoms with van der Waals surface area (Å²) in [7, 11) is 0. The number of aliphatic carboxylic acids is 1. The van der Waals surface area contributed by atoms with Gasteiger partial charge in [0.1, 0.15) is 0 Å². The number of anilines is 3. The van der Waals surface area contributed by atoms with Crippen molar-refractivity contribution in [3.05, 3.63) is 33.2 Å². The third-order valence-electron chi connectivity index (χ3n) is 2.80. The normalized spacial score (nSPS) is 9.14. The average Bonchev–Trinajstić information content (AvgIpc) is 3.36. The molecule has 156 valence electrons. The van der Waals surface area contributed by atoms with Crippen molar-refractivity contribution in [3.63, 3.8) is 0 Å². The molecular weight excluding hydrogens is 416 g/mol. The summed E-state index contributed by atoms with van der Waals surface area (Å²) < 4.78 is 0. The SMILES string of the molecule is CC(=O)O.CCc1csc(N)n1.CCc1csc(N)n1.CCc1csc(N)n1. The lowest BCUT2D eigenvalue weighted by atomic mass is 10.4. The van der Waals surface area contributed by atoms with Gasteiger partial charge in [0, 0.05) is 23.1 Å². The van der Waals surface area contributed by atoms with Gasteiger partial charge in [0.15, 0.2) is 15.4 Å². The maximum absolute atomic E-state index is 9.00. The highest BCUT2D eigenvalue weighted by Gasteiger charge is 1.93. The summed E-state index contributed by atoms with van der Waals surface area (Å²) in [6.45, 7) is 7.28. The molecule has 7 N–H and O–H groups in total.